The molecule has 0 saturated carbocycles. The number of thioether (sulfide) groups is 1. The van der Waals surface area contributed by atoms with Crippen LogP contribution < -0.4 is 37.2 Å². The number of amides is 8. The van der Waals surface area contributed by atoms with E-state index in [9.17, 15) is 42.6 Å². The molecule has 0 spiro atoms. The molecule has 18 nitrogen and oxygen atoms in total. The molecule has 1 unspecified atom stereocenters. The molecule has 76 heavy (non-hydrogen) atoms. The van der Waals surface area contributed by atoms with Gasteiger partial charge in [0, 0.05) is 65.7 Å². The second-order valence-corrected chi connectivity index (χ2v) is 22.9. The van der Waals surface area contributed by atoms with Crippen LogP contribution in [0.25, 0.3) is 10.9 Å². The predicted octanol–water partition coefficient (Wildman–Crippen LogP) is 3.21. The molecule has 10 atom stereocenters. The van der Waals surface area contributed by atoms with E-state index in [2.05, 4.69) is 42.2 Å². The lowest BCUT2D eigenvalue weighted by Gasteiger charge is -2.32. The Morgan fingerprint density at radius 1 is 0.605 bits per heavy atom. The van der Waals surface area contributed by atoms with Crippen LogP contribution in [0, 0.1) is 11.8 Å². The Morgan fingerprint density at radius 3 is 1.71 bits per heavy atom. The van der Waals surface area contributed by atoms with Crippen molar-refractivity contribution in [1.29, 1.82) is 0 Å². The van der Waals surface area contributed by atoms with Crippen molar-refractivity contribution in [1.82, 2.24) is 47.1 Å². The maximum absolute atomic E-state index is 15.0. The van der Waals surface area contributed by atoms with E-state index in [0.717, 1.165) is 10.9 Å². The number of carbonyl (C=O) groups excluding carboxylic acids is 8. The normalized spacial score (nSPS) is 24.8. The summed E-state index contributed by atoms with van der Waals surface area (Å²) in [4.78, 5) is 122. The largest absolute Gasteiger partial charge is 0.361 e. The zero-order chi connectivity index (χ0) is 54.9. The van der Waals surface area contributed by atoms with Crippen molar-refractivity contribution in [2.24, 2.45) is 11.8 Å². The van der Waals surface area contributed by atoms with Crippen molar-refractivity contribution in [3.8, 4) is 0 Å². The summed E-state index contributed by atoms with van der Waals surface area (Å²) in [6.07, 6.45) is 6.48. The van der Waals surface area contributed by atoms with Gasteiger partial charge in [0.15, 0.2) is 0 Å². The van der Waals surface area contributed by atoms with Crippen molar-refractivity contribution in [3.05, 3.63) is 108 Å². The molecular formula is C56H75N9O9S2. The van der Waals surface area contributed by atoms with Crippen LogP contribution in [0.1, 0.15) is 82.9 Å². The Bertz CT molecular complexity index is 2670. The van der Waals surface area contributed by atoms with Gasteiger partial charge in [0.25, 0.3) is 0 Å². The van der Waals surface area contributed by atoms with Crippen LogP contribution in [-0.2, 0) is 68.4 Å². The maximum Gasteiger partial charge on any atom is 0.245 e. The molecule has 20 heteroatoms. The van der Waals surface area contributed by atoms with Crippen LogP contribution >= 0.6 is 11.8 Å². The van der Waals surface area contributed by atoms with Gasteiger partial charge in [-0.1, -0.05) is 113 Å². The van der Waals surface area contributed by atoms with Crippen molar-refractivity contribution in [2.75, 3.05) is 30.6 Å². The summed E-state index contributed by atoms with van der Waals surface area (Å²) in [5.41, 5.74) is 2.87. The number of rotatable bonds is 16. The first-order valence-electron chi connectivity index (χ1n) is 26.3. The standard InChI is InChI=1S/C56H75N9O9S2/c1-7-35(4)48-55(72)58-41(25-28-76(6)74)49(66)60-43(29-34(2)3)50(67)59-42(24-27-75-5)56(73)65-26-16-23-47(65)54(71)63-45(31-37-19-12-9-13-20-37)52(69)61-44(30-36-17-10-8-11-18-36)51(68)62-46(53(70)64-48)32-38-33-57-40-22-15-14-21-39(38)40/h8-15,17-22,33-35,41-48,57H,7,16,23-32H2,1-6H3,(H,58,72)(H,59,67)(H,60,66)(H,61,69)(H,62,68)(H,63,71)(H,64,70)/t35-,41-,42-,43-,44-,45-,46-,47-,48-,76?/m0/s1. The Balaban J connectivity index is 1.45. The number of benzene rings is 3. The highest BCUT2D eigenvalue weighted by Crippen LogP contribution is 2.23. The van der Waals surface area contributed by atoms with Gasteiger partial charge >= 0.3 is 0 Å². The molecule has 2 saturated heterocycles. The van der Waals surface area contributed by atoms with E-state index in [1.807, 2.05) is 75.6 Å². The second-order valence-electron chi connectivity index (χ2n) is 20.3. The smallest absolute Gasteiger partial charge is 0.245 e. The first-order valence-corrected chi connectivity index (χ1v) is 29.4. The van der Waals surface area contributed by atoms with Crippen LogP contribution in [0.2, 0.25) is 0 Å². The second kappa shape index (κ2) is 28.6. The quantitative estimate of drug-likeness (QED) is 0.0813. The van der Waals surface area contributed by atoms with Crippen LogP contribution in [0.4, 0.5) is 0 Å². The van der Waals surface area contributed by atoms with E-state index in [0.29, 0.717) is 35.3 Å². The molecule has 4 aromatic rings. The number of para-hydroxylation sites is 1. The van der Waals surface area contributed by atoms with Crippen LogP contribution in [0.15, 0.2) is 91.1 Å². The highest BCUT2D eigenvalue weighted by atomic mass is 32.2. The molecule has 2 fully saturated rings. The zero-order valence-corrected chi connectivity index (χ0v) is 46.0. The molecule has 2 aliphatic heterocycles. The third-order valence-electron chi connectivity index (χ3n) is 14.1. The molecule has 0 aliphatic carbocycles. The van der Waals surface area contributed by atoms with E-state index in [4.69, 9.17) is 0 Å². The van der Waals surface area contributed by atoms with Gasteiger partial charge in [0.2, 0.25) is 47.3 Å². The summed E-state index contributed by atoms with van der Waals surface area (Å²) in [7, 11) is -1.39. The summed E-state index contributed by atoms with van der Waals surface area (Å²) in [5.74, 6) is -5.44. The monoisotopic (exact) mass is 1080 g/mol. The molecule has 0 radical (unpaired) electrons. The summed E-state index contributed by atoms with van der Waals surface area (Å²) in [6, 6.07) is 15.9. The van der Waals surface area contributed by atoms with Gasteiger partial charge in [-0.25, -0.2) is 0 Å². The van der Waals surface area contributed by atoms with Gasteiger partial charge in [-0.15, -0.1) is 0 Å². The number of nitrogens with one attached hydrogen (secondary N) is 8. The van der Waals surface area contributed by atoms with Gasteiger partial charge in [0.1, 0.15) is 48.3 Å². The maximum atomic E-state index is 15.0. The highest BCUT2D eigenvalue weighted by Gasteiger charge is 2.41. The molecule has 8 N–H and O–H groups in total. The third kappa shape index (κ3) is 16.5. The minimum Gasteiger partial charge on any atom is -0.361 e. The lowest BCUT2D eigenvalue weighted by molar-refractivity contribution is -0.142. The minimum atomic E-state index is -1.39. The minimum absolute atomic E-state index is 0.0121. The number of hydrogen-bond acceptors (Lipinski definition) is 10. The Hall–Kier alpha value is -6.54. The first kappa shape index (κ1) is 58.7. The average molecular weight is 1080 g/mol. The topological polar surface area (TPSA) is 257 Å². The summed E-state index contributed by atoms with van der Waals surface area (Å²) < 4.78 is 12.5. The van der Waals surface area contributed by atoms with Crippen molar-refractivity contribution >= 4 is 80.7 Å². The Labute approximate surface area is 452 Å². The van der Waals surface area contributed by atoms with E-state index in [-0.39, 0.29) is 63.2 Å². The lowest BCUT2D eigenvalue weighted by Crippen LogP contribution is -2.62. The number of nitrogens with zero attached hydrogens (tertiary/aromatic N) is 1. The Morgan fingerprint density at radius 2 is 1.12 bits per heavy atom. The highest BCUT2D eigenvalue weighted by molar-refractivity contribution is 7.98. The molecule has 410 valence electrons. The molecule has 2 aliphatic rings. The van der Waals surface area contributed by atoms with Crippen LogP contribution in [0.5, 0.6) is 0 Å². The molecular weight excluding hydrogens is 1010 g/mol. The molecule has 0 bridgehead atoms. The summed E-state index contributed by atoms with van der Waals surface area (Å²) in [5, 5.41) is 21.0. The van der Waals surface area contributed by atoms with E-state index in [1.165, 1.54) is 22.9 Å². The number of aromatic amines is 1. The fraction of sp³-hybridized carbons (Fsp3) is 0.500. The van der Waals surface area contributed by atoms with E-state index in [1.54, 1.807) is 49.5 Å². The number of carbonyl (C=O) groups is 8. The summed E-state index contributed by atoms with van der Waals surface area (Å²) >= 11 is 1.47. The summed E-state index contributed by atoms with van der Waals surface area (Å²) in [6.45, 7) is 7.55. The van der Waals surface area contributed by atoms with Gasteiger partial charge in [-0.2, -0.15) is 11.8 Å². The molecule has 6 rings (SSSR count). The van der Waals surface area contributed by atoms with Crippen molar-refractivity contribution in [2.45, 2.75) is 134 Å². The fourth-order valence-corrected chi connectivity index (χ4v) is 10.7. The fourth-order valence-electron chi connectivity index (χ4n) is 9.67. The van der Waals surface area contributed by atoms with Gasteiger partial charge < -0.3 is 47.1 Å². The van der Waals surface area contributed by atoms with Gasteiger partial charge in [-0.3, -0.25) is 42.6 Å². The first-order chi connectivity index (χ1) is 36.5. The Kier molecular flexibility index (Phi) is 22.1. The van der Waals surface area contributed by atoms with Gasteiger partial charge in [0.05, 0.1) is 0 Å². The van der Waals surface area contributed by atoms with Crippen LogP contribution in [-0.4, -0.2) is 140 Å². The number of hydrogen-bond donors (Lipinski definition) is 8. The predicted molar refractivity (Wildman–Crippen MR) is 296 cm³/mol. The number of fused-ring (bicyclic) bond motifs is 2. The number of aromatic nitrogens is 1. The van der Waals surface area contributed by atoms with Crippen molar-refractivity contribution in [3.63, 3.8) is 0 Å². The lowest BCUT2D eigenvalue weighted by atomic mass is 9.96. The molecule has 1 aromatic heterocycles. The van der Waals surface area contributed by atoms with Gasteiger partial charge in [-0.05, 0) is 78.7 Å². The number of H-pyrrole nitrogens is 1. The molecule has 8 amide bonds. The average Bonchev–Trinajstić information content (AvgIpc) is 4.07. The van der Waals surface area contributed by atoms with Crippen LogP contribution in [0.3, 0.4) is 0 Å². The SMILES string of the molecule is CC[C@H](C)[C@@H]1NC(=O)[C@H](Cc2c[nH]c3ccccc23)NC(=O)[C@H](Cc2ccccc2)NC(=O)[C@H](Cc2ccccc2)NC(=O)[C@@H]2CCCN2C(=O)[C@H](CCSC)NC(=O)[C@H](CC(C)C)NC(=O)[C@H](CCS(C)=O)NC1=O. The van der Waals surface area contributed by atoms with Crippen molar-refractivity contribution < 1.29 is 42.6 Å². The van der Waals surface area contributed by atoms with E-state index < -0.39 is 112 Å². The molecule has 3 heterocycles. The molecule has 3 aromatic carbocycles. The third-order valence-corrected chi connectivity index (χ3v) is 15.5. The zero-order valence-electron chi connectivity index (χ0n) is 44.4. The van der Waals surface area contributed by atoms with E-state index >= 15 is 0 Å².